The molecule has 160 valence electrons. The van der Waals surface area contributed by atoms with Gasteiger partial charge in [-0.3, -0.25) is 14.4 Å². The van der Waals surface area contributed by atoms with E-state index in [0.29, 0.717) is 41.3 Å². The first-order valence-corrected chi connectivity index (χ1v) is 10.2. The van der Waals surface area contributed by atoms with Crippen LogP contribution in [-0.2, 0) is 11.3 Å². The first-order valence-electron chi connectivity index (χ1n) is 10.2. The van der Waals surface area contributed by atoms with Gasteiger partial charge in [-0.1, -0.05) is 12.1 Å². The van der Waals surface area contributed by atoms with Crippen LogP contribution in [-0.4, -0.2) is 46.5 Å². The molecular formula is C23H24N4O4. The maximum atomic E-state index is 13.0. The lowest BCUT2D eigenvalue weighted by Gasteiger charge is -2.17. The fourth-order valence-electron chi connectivity index (χ4n) is 3.82. The van der Waals surface area contributed by atoms with Crippen LogP contribution in [0.1, 0.15) is 28.9 Å². The van der Waals surface area contributed by atoms with Crippen LogP contribution in [0.25, 0.3) is 11.0 Å². The van der Waals surface area contributed by atoms with Gasteiger partial charge < -0.3 is 19.5 Å². The molecule has 0 unspecified atom stereocenters. The Labute approximate surface area is 179 Å². The summed E-state index contributed by atoms with van der Waals surface area (Å²) in [4.78, 5) is 45.0. The van der Waals surface area contributed by atoms with Gasteiger partial charge in [0.25, 0.3) is 5.91 Å². The average Bonchev–Trinajstić information content (AvgIpc) is 3.30. The molecule has 1 N–H and O–H groups in total. The number of fused-ring (bicyclic) bond motifs is 1. The minimum Gasteiger partial charge on any atom is -0.495 e. The summed E-state index contributed by atoms with van der Waals surface area (Å²) in [7, 11) is 1.53. The predicted molar refractivity (Wildman–Crippen MR) is 118 cm³/mol. The SMILES string of the molecule is COc1ccccc1NC(=O)Cn1cc(C(=O)N2CCCC2)c(=O)c2ccc(C)nc21. The Balaban J connectivity index is 1.72. The number of para-hydroxylation sites is 2. The van der Waals surface area contributed by atoms with Crippen molar-refractivity contribution < 1.29 is 14.3 Å². The molecule has 0 aliphatic carbocycles. The van der Waals surface area contributed by atoms with Crippen molar-refractivity contribution in [3.05, 3.63) is 64.1 Å². The monoisotopic (exact) mass is 420 g/mol. The van der Waals surface area contributed by atoms with E-state index in [0.717, 1.165) is 12.8 Å². The summed E-state index contributed by atoms with van der Waals surface area (Å²) < 4.78 is 6.85. The number of benzene rings is 1. The van der Waals surface area contributed by atoms with E-state index in [-0.39, 0.29) is 29.4 Å². The number of likely N-dealkylation sites (tertiary alicyclic amines) is 1. The highest BCUT2D eigenvalue weighted by Gasteiger charge is 2.24. The minimum atomic E-state index is -0.360. The summed E-state index contributed by atoms with van der Waals surface area (Å²) in [6.45, 7) is 2.98. The van der Waals surface area contributed by atoms with E-state index in [1.807, 2.05) is 13.0 Å². The van der Waals surface area contributed by atoms with Crippen molar-refractivity contribution in [3.8, 4) is 5.75 Å². The van der Waals surface area contributed by atoms with Crippen LogP contribution in [0.15, 0.2) is 47.4 Å². The molecule has 3 heterocycles. The lowest BCUT2D eigenvalue weighted by molar-refractivity contribution is -0.116. The van der Waals surface area contributed by atoms with E-state index in [2.05, 4.69) is 10.3 Å². The molecule has 8 heteroatoms. The van der Waals surface area contributed by atoms with Crippen molar-refractivity contribution in [1.82, 2.24) is 14.5 Å². The second-order valence-corrected chi connectivity index (χ2v) is 7.57. The van der Waals surface area contributed by atoms with Crippen molar-refractivity contribution in [2.24, 2.45) is 0 Å². The third-order valence-electron chi connectivity index (χ3n) is 5.38. The van der Waals surface area contributed by atoms with Gasteiger partial charge >= 0.3 is 0 Å². The zero-order chi connectivity index (χ0) is 22.0. The molecule has 2 amide bonds. The van der Waals surface area contributed by atoms with E-state index < -0.39 is 0 Å². The van der Waals surface area contributed by atoms with Crippen molar-refractivity contribution in [2.45, 2.75) is 26.3 Å². The van der Waals surface area contributed by atoms with E-state index in [1.165, 1.54) is 13.3 Å². The lowest BCUT2D eigenvalue weighted by Crippen LogP contribution is -2.33. The molecule has 0 radical (unpaired) electrons. The average molecular weight is 420 g/mol. The van der Waals surface area contributed by atoms with Gasteiger partial charge in [0.05, 0.1) is 18.2 Å². The lowest BCUT2D eigenvalue weighted by atomic mass is 10.1. The highest BCUT2D eigenvalue weighted by atomic mass is 16.5. The largest absolute Gasteiger partial charge is 0.495 e. The van der Waals surface area contributed by atoms with Gasteiger partial charge in [-0.05, 0) is 44.0 Å². The second kappa shape index (κ2) is 8.59. The molecule has 1 aliphatic rings. The van der Waals surface area contributed by atoms with Crippen molar-refractivity contribution >= 4 is 28.5 Å². The molecule has 3 aromatic rings. The number of aromatic nitrogens is 2. The molecule has 1 fully saturated rings. The fraction of sp³-hybridized carbons (Fsp3) is 0.304. The molecule has 1 saturated heterocycles. The van der Waals surface area contributed by atoms with E-state index in [1.54, 1.807) is 39.8 Å². The zero-order valence-corrected chi connectivity index (χ0v) is 17.6. The Bertz CT molecular complexity index is 1210. The molecule has 0 bridgehead atoms. The molecule has 2 aromatic heterocycles. The summed E-state index contributed by atoms with van der Waals surface area (Å²) in [6, 6.07) is 10.5. The number of nitrogens with one attached hydrogen (secondary N) is 1. The highest BCUT2D eigenvalue weighted by molar-refractivity contribution is 5.98. The highest BCUT2D eigenvalue weighted by Crippen LogP contribution is 2.23. The first kappa shape index (κ1) is 20.6. The van der Waals surface area contributed by atoms with Crippen LogP contribution in [0.4, 0.5) is 5.69 Å². The molecule has 1 aliphatic heterocycles. The Morgan fingerprint density at radius 1 is 1.13 bits per heavy atom. The second-order valence-electron chi connectivity index (χ2n) is 7.57. The van der Waals surface area contributed by atoms with Crippen LogP contribution in [0.5, 0.6) is 5.75 Å². The van der Waals surface area contributed by atoms with Gasteiger partial charge in [0.1, 0.15) is 23.5 Å². The Kier molecular flexibility index (Phi) is 5.70. The number of hydrogen-bond acceptors (Lipinski definition) is 5. The van der Waals surface area contributed by atoms with Gasteiger partial charge in [-0.25, -0.2) is 4.98 Å². The standard InChI is InChI=1S/C23H24N4O4/c1-15-9-10-16-21(29)17(23(30)26-11-5-6-12-26)13-27(22(16)24-15)14-20(28)25-18-7-3-4-8-19(18)31-2/h3-4,7-10,13H,5-6,11-12,14H2,1-2H3,(H,25,28). The molecule has 0 atom stereocenters. The molecule has 31 heavy (non-hydrogen) atoms. The van der Waals surface area contributed by atoms with Gasteiger partial charge in [-0.2, -0.15) is 0 Å². The number of nitrogens with zero attached hydrogens (tertiary/aromatic N) is 3. The van der Waals surface area contributed by atoms with Crippen molar-refractivity contribution in [3.63, 3.8) is 0 Å². The van der Waals surface area contributed by atoms with Gasteiger partial charge in [-0.15, -0.1) is 0 Å². The summed E-state index contributed by atoms with van der Waals surface area (Å²) in [6.07, 6.45) is 3.31. The molecule has 4 rings (SSSR count). The molecule has 1 aromatic carbocycles. The molecular weight excluding hydrogens is 396 g/mol. The number of pyridine rings is 2. The van der Waals surface area contributed by atoms with E-state index in [4.69, 9.17) is 4.74 Å². The molecule has 0 saturated carbocycles. The van der Waals surface area contributed by atoms with Crippen LogP contribution in [0.2, 0.25) is 0 Å². The maximum absolute atomic E-state index is 13.0. The normalized spacial score (nSPS) is 13.4. The summed E-state index contributed by atoms with van der Waals surface area (Å²) in [5.74, 6) is -0.0827. The number of methoxy groups -OCH3 is 1. The first-order chi connectivity index (χ1) is 15.0. The van der Waals surface area contributed by atoms with Crippen LogP contribution < -0.4 is 15.5 Å². The molecule has 0 spiro atoms. The van der Waals surface area contributed by atoms with Crippen molar-refractivity contribution in [2.75, 3.05) is 25.5 Å². The third-order valence-corrected chi connectivity index (χ3v) is 5.38. The number of ether oxygens (including phenoxy) is 1. The number of carbonyl (C=O) groups excluding carboxylic acids is 2. The number of amides is 2. The maximum Gasteiger partial charge on any atom is 0.259 e. The van der Waals surface area contributed by atoms with Crippen LogP contribution in [0.3, 0.4) is 0 Å². The smallest absolute Gasteiger partial charge is 0.259 e. The minimum absolute atomic E-state index is 0.0603. The van der Waals surface area contributed by atoms with Crippen molar-refractivity contribution in [1.29, 1.82) is 0 Å². The van der Waals surface area contributed by atoms with E-state index in [9.17, 15) is 14.4 Å². The number of anilines is 1. The Morgan fingerprint density at radius 3 is 2.61 bits per heavy atom. The fourth-order valence-corrected chi connectivity index (χ4v) is 3.82. The van der Waals surface area contributed by atoms with Crippen LogP contribution in [0, 0.1) is 6.92 Å². The third kappa shape index (κ3) is 4.14. The van der Waals surface area contributed by atoms with Gasteiger partial charge in [0, 0.05) is 25.0 Å². The number of rotatable bonds is 5. The molecule has 8 nitrogen and oxygen atoms in total. The predicted octanol–water partition coefficient (Wildman–Crippen LogP) is 2.59. The summed E-state index contributed by atoms with van der Waals surface area (Å²) in [5.41, 5.74) is 1.33. The Hall–Kier alpha value is -3.68. The van der Waals surface area contributed by atoms with Gasteiger partial charge in [0.2, 0.25) is 11.3 Å². The van der Waals surface area contributed by atoms with Crippen LogP contribution >= 0.6 is 0 Å². The number of hydrogen-bond donors (Lipinski definition) is 1. The zero-order valence-electron chi connectivity index (χ0n) is 17.6. The number of aryl methyl sites for hydroxylation is 1. The van der Waals surface area contributed by atoms with Gasteiger partial charge in [0.15, 0.2) is 0 Å². The quantitative estimate of drug-likeness (QED) is 0.685. The Morgan fingerprint density at radius 2 is 1.87 bits per heavy atom. The number of carbonyl (C=O) groups is 2. The summed E-state index contributed by atoms with van der Waals surface area (Å²) in [5, 5.41) is 3.14. The van der Waals surface area contributed by atoms with E-state index >= 15 is 0 Å². The summed E-state index contributed by atoms with van der Waals surface area (Å²) >= 11 is 0. The topological polar surface area (TPSA) is 93.5 Å².